The molecule has 2 rings (SSSR count). The minimum Gasteiger partial charge on any atom is -0.493 e. The Morgan fingerprint density at radius 1 is 1.47 bits per heavy atom. The summed E-state index contributed by atoms with van der Waals surface area (Å²) in [6, 6.07) is 3.30. The maximum atomic E-state index is 14.1. The van der Waals surface area contributed by atoms with Crippen LogP contribution in [-0.2, 0) is 5.67 Å². The Morgan fingerprint density at radius 3 is 2.76 bits per heavy atom. The number of hydrogen-bond acceptors (Lipinski definition) is 2. The van der Waals surface area contributed by atoms with Gasteiger partial charge in [-0.2, -0.15) is 0 Å². The van der Waals surface area contributed by atoms with E-state index in [0.717, 1.165) is 6.07 Å². The average molecular weight is 246 g/mol. The van der Waals surface area contributed by atoms with Crippen LogP contribution >= 0.6 is 0 Å². The molecule has 0 spiro atoms. The van der Waals surface area contributed by atoms with Crippen molar-refractivity contribution in [3.8, 4) is 5.75 Å². The first-order valence-electron chi connectivity index (χ1n) is 4.93. The van der Waals surface area contributed by atoms with E-state index in [-0.39, 0.29) is 17.9 Å². The fourth-order valence-electron chi connectivity index (χ4n) is 1.78. The third-order valence-electron chi connectivity index (χ3n) is 2.74. The van der Waals surface area contributed by atoms with Crippen molar-refractivity contribution < 1.29 is 27.8 Å². The van der Waals surface area contributed by atoms with Crippen molar-refractivity contribution in [2.45, 2.75) is 18.5 Å². The van der Waals surface area contributed by atoms with E-state index >= 15 is 0 Å². The molecule has 92 valence electrons. The van der Waals surface area contributed by atoms with Crippen molar-refractivity contribution in [2.75, 3.05) is 6.61 Å². The minimum absolute atomic E-state index is 0.0240. The fourth-order valence-corrected chi connectivity index (χ4v) is 1.78. The highest BCUT2D eigenvalue weighted by molar-refractivity contribution is 5.88. The molecular weight excluding hydrogens is 237 g/mol. The number of alkyl halides is 3. The number of benzene rings is 1. The molecule has 0 aromatic heterocycles. The van der Waals surface area contributed by atoms with E-state index in [4.69, 9.17) is 9.84 Å². The second kappa shape index (κ2) is 3.94. The van der Waals surface area contributed by atoms with Crippen molar-refractivity contribution in [3.05, 3.63) is 29.3 Å². The second-order valence-corrected chi connectivity index (χ2v) is 3.78. The van der Waals surface area contributed by atoms with Crippen LogP contribution in [0.2, 0.25) is 0 Å². The van der Waals surface area contributed by atoms with Gasteiger partial charge in [0, 0.05) is 12.0 Å². The molecular formula is C11H9F3O3. The maximum Gasteiger partial charge on any atom is 0.335 e. The molecule has 6 heteroatoms. The predicted molar refractivity (Wildman–Crippen MR) is 52.3 cm³/mol. The summed E-state index contributed by atoms with van der Waals surface area (Å²) < 4.78 is 44.6. The summed E-state index contributed by atoms with van der Waals surface area (Å²) in [7, 11) is 0. The quantitative estimate of drug-likeness (QED) is 0.872. The van der Waals surface area contributed by atoms with Crippen LogP contribution in [0.5, 0.6) is 5.75 Å². The third kappa shape index (κ3) is 1.83. The number of ether oxygens (including phenoxy) is 1. The molecule has 0 aliphatic carbocycles. The first-order valence-corrected chi connectivity index (χ1v) is 4.93. The highest BCUT2D eigenvalue weighted by Crippen LogP contribution is 2.44. The van der Waals surface area contributed by atoms with E-state index in [1.165, 1.54) is 12.1 Å². The number of hydrogen-bond donors (Lipinski definition) is 1. The van der Waals surface area contributed by atoms with Crippen LogP contribution in [0, 0.1) is 0 Å². The van der Waals surface area contributed by atoms with Crippen LogP contribution in [-0.4, -0.2) is 24.1 Å². The zero-order valence-electron chi connectivity index (χ0n) is 8.62. The normalized spacial score (nSPS) is 23.1. The van der Waals surface area contributed by atoms with Gasteiger partial charge in [0.2, 0.25) is 5.67 Å². The number of carbonyl (C=O) groups is 1. The van der Waals surface area contributed by atoms with Gasteiger partial charge in [-0.15, -0.1) is 0 Å². The molecule has 1 aliphatic heterocycles. The predicted octanol–water partition coefficient (Wildman–Crippen LogP) is 2.60. The largest absolute Gasteiger partial charge is 0.493 e. The zero-order valence-corrected chi connectivity index (χ0v) is 8.62. The summed E-state index contributed by atoms with van der Waals surface area (Å²) in [6.07, 6.45) is -3.70. The summed E-state index contributed by atoms with van der Waals surface area (Å²) in [4.78, 5) is 10.7. The summed E-state index contributed by atoms with van der Waals surface area (Å²) in [5, 5.41) is 8.74. The summed E-state index contributed by atoms with van der Waals surface area (Å²) in [5.74, 6) is -1.32. The number of fused-ring (bicyclic) bond motifs is 1. The second-order valence-electron chi connectivity index (χ2n) is 3.78. The molecule has 0 saturated carbocycles. The SMILES string of the molecule is O=C(O)c1ccc2c(c1)[C@](F)(C(F)F)CCO2. The maximum absolute atomic E-state index is 14.1. The van der Waals surface area contributed by atoms with Gasteiger partial charge >= 0.3 is 5.97 Å². The van der Waals surface area contributed by atoms with Gasteiger partial charge in [-0.25, -0.2) is 18.0 Å². The van der Waals surface area contributed by atoms with Crippen LogP contribution < -0.4 is 4.74 Å². The van der Waals surface area contributed by atoms with E-state index in [2.05, 4.69) is 0 Å². The molecule has 1 aliphatic rings. The average Bonchev–Trinajstić information content (AvgIpc) is 2.28. The summed E-state index contributed by atoms with van der Waals surface area (Å²) in [6.45, 7) is -0.153. The number of aromatic carboxylic acids is 1. The number of carboxylic acids is 1. The van der Waals surface area contributed by atoms with Crippen molar-refractivity contribution in [1.29, 1.82) is 0 Å². The lowest BCUT2D eigenvalue weighted by Gasteiger charge is -2.31. The van der Waals surface area contributed by atoms with Gasteiger partial charge in [-0.05, 0) is 18.2 Å². The summed E-state index contributed by atoms with van der Waals surface area (Å²) >= 11 is 0. The van der Waals surface area contributed by atoms with E-state index < -0.39 is 30.0 Å². The molecule has 1 aromatic carbocycles. The van der Waals surface area contributed by atoms with Crippen molar-refractivity contribution in [2.24, 2.45) is 0 Å². The van der Waals surface area contributed by atoms with Gasteiger partial charge in [-0.1, -0.05) is 0 Å². The lowest BCUT2D eigenvalue weighted by Crippen LogP contribution is -2.35. The fraction of sp³-hybridized carbons (Fsp3) is 0.364. The molecule has 1 aromatic rings. The molecule has 1 N–H and O–H groups in total. The monoisotopic (exact) mass is 246 g/mol. The lowest BCUT2D eigenvalue weighted by molar-refractivity contribution is -0.0618. The van der Waals surface area contributed by atoms with Crippen molar-refractivity contribution >= 4 is 5.97 Å². The van der Waals surface area contributed by atoms with Crippen molar-refractivity contribution in [1.82, 2.24) is 0 Å². The van der Waals surface area contributed by atoms with Gasteiger partial charge < -0.3 is 9.84 Å². The van der Waals surface area contributed by atoms with Crippen LogP contribution in [0.4, 0.5) is 13.2 Å². The standard InChI is InChI=1S/C11H9F3O3/c12-10(13)11(14)3-4-17-8-2-1-6(9(15)16)5-7(8)11/h1-2,5,10H,3-4H2,(H,15,16)/t11-/m0/s1. The van der Waals surface area contributed by atoms with Crippen molar-refractivity contribution in [3.63, 3.8) is 0 Å². The molecule has 1 heterocycles. The Kier molecular flexibility index (Phi) is 2.73. The molecule has 1 atom stereocenters. The Balaban J connectivity index is 2.55. The van der Waals surface area contributed by atoms with Gasteiger partial charge in [-0.3, -0.25) is 0 Å². The van der Waals surface area contributed by atoms with E-state index in [0.29, 0.717) is 0 Å². The van der Waals surface area contributed by atoms with Gasteiger partial charge in [0.15, 0.2) is 0 Å². The topological polar surface area (TPSA) is 46.5 Å². The smallest absolute Gasteiger partial charge is 0.335 e. The first kappa shape index (κ1) is 11.8. The Labute approximate surface area is 94.8 Å². The van der Waals surface area contributed by atoms with Crippen LogP contribution in [0.25, 0.3) is 0 Å². The zero-order chi connectivity index (χ0) is 12.6. The van der Waals surface area contributed by atoms with Crippen LogP contribution in [0.15, 0.2) is 18.2 Å². The molecule has 17 heavy (non-hydrogen) atoms. The van der Waals surface area contributed by atoms with Crippen LogP contribution in [0.3, 0.4) is 0 Å². The molecule has 0 fully saturated rings. The molecule has 0 unspecified atom stereocenters. The molecule has 0 amide bonds. The van der Waals surface area contributed by atoms with E-state index in [1.807, 2.05) is 0 Å². The number of rotatable bonds is 2. The highest BCUT2D eigenvalue weighted by Gasteiger charge is 2.46. The molecule has 3 nitrogen and oxygen atoms in total. The number of carboxylic acid groups (broad SMARTS) is 1. The number of halogens is 3. The van der Waals surface area contributed by atoms with Gasteiger partial charge in [0.05, 0.1) is 12.2 Å². The summed E-state index contributed by atoms with van der Waals surface area (Å²) in [5.41, 5.74) is -3.46. The highest BCUT2D eigenvalue weighted by atomic mass is 19.3. The lowest BCUT2D eigenvalue weighted by atomic mass is 9.89. The molecule has 0 radical (unpaired) electrons. The van der Waals surface area contributed by atoms with Crippen LogP contribution in [0.1, 0.15) is 22.3 Å². The Bertz CT molecular complexity index is 461. The van der Waals surface area contributed by atoms with Gasteiger partial charge in [0.25, 0.3) is 6.43 Å². The first-order chi connectivity index (χ1) is 7.95. The van der Waals surface area contributed by atoms with E-state index in [1.54, 1.807) is 0 Å². The molecule has 0 saturated heterocycles. The molecule has 0 bridgehead atoms. The Morgan fingerprint density at radius 2 is 2.18 bits per heavy atom. The van der Waals surface area contributed by atoms with E-state index in [9.17, 15) is 18.0 Å². The minimum atomic E-state index is -3.21. The third-order valence-corrected chi connectivity index (χ3v) is 2.74. The van der Waals surface area contributed by atoms with Gasteiger partial charge in [0.1, 0.15) is 5.75 Å². The Hall–Kier alpha value is -1.72.